The fraction of sp³-hybridized carbons (Fsp3) is 0.353. The highest BCUT2D eigenvalue weighted by Crippen LogP contribution is 2.24. The third-order valence-corrected chi connectivity index (χ3v) is 5.10. The molecule has 0 fully saturated rings. The minimum Gasteiger partial charge on any atom is -0.264 e. The zero-order valence-electron chi connectivity index (χ0n) is 13.4. The molecular formula is C17H22N2O2S. The van der Waals surface area contributed by atoms with E-state index in [0.29, 0.717) is 0 Å². The summed E-state index contributed by atoms with van der Waals surface area (Å²) in [5.41, 5.74) is 1.93. The number of hydrogen-bond acceptors (Lipinski definition) is 3. The van der Waals surface area contributed by atoms with Crippen LogP contribution in [0.4, 0.5) is 0 Å². The van der Waals surface area contributed by atoms with Crippen molar-refractivity contribution in [1.82, 2.24) is 9.71 Å². The Morgan fingerprint density at radius 3 is 2.23 bits per heavy atom. The Bertz CT molecular complexity index is 718. The van der Waals surface area contributed by atoms with Crippen LogP contribution < -0.4 is 4.72 Å². The highest BCUT2D eigenvalue weighted by Gasteiger charge is 2.20. The van der Waals surface area contributed by atoms with Gasteiger partial charge in [-0.05, 0) is 41.7 Å². The van der Waals surface area contributed by atoms with Crippen molar-refractivity contribution in [2.24, 2.45) is 0 Å². The lowest BCUT2D eigenvalue weighted by Gasteiger charge is -2.19. The van der Waals surface area contributed by atoms with Crippen molar-refractivity contribution >= 4 is 10.0 Å². The van der Waals surface area contributed by atoms with Crippen molar-refractivity contribution in [2.75, 3.05) is 0 Å². The van der Waals surface area contributed by atoms with Crippen LogP contribution in [0.25, 0.3) is 0 Å². The molecule has 22 heavy (non-hydrogen) atoms. The van der Waals surface area contributed by atoms with E-state index in [2.05, 4.69) is 30.5 Å². The normalized spacial score (nSPS) is 13.8. The van der Waals surface area contributed by atoms with Crippen LogP contribution in [0.3, 0.4) is 0 Å². The van der Waals surface area contributed by atoms with E-state index in [4.69, 9.17) is 0 Å². The maximum Gasteiger partial charge on any atom is 0.241 e. The molecular weight excluding hydrogens is 296 g/mol. The SMILES string of the molecule is CC(NS(=O)(=O)c1ccc(C(C)(C)C)cc1)c1cccnc1. The van der Waals surface area contributed by atoms with Crippen LogP contribution in [-0.4, -0.2) is 13.4 Å². The van der Waals surface area contributed by atoms with Crippen molar-refractivity contribution < 1.29 is 8.42 Å². The third kappa shape index (κ3) is 3.93. The molecule has 0 saturated carbocycles. The van der Waals surface area contributed by atoms with Crippen LogP contribution in [0.1, 0.15) is 44.9 Å². The molecule has 0 saturated heterocycles. The van der Waals surface area contributed by atoms with Gasteiger partial charge in [-0.15, -0.1) is 0 Å². The number of hydrogen-bond donors (Lipinski definition) is 1. The molecule has 2 rings (SSSR count). The Labute approximate surface area is 132 Å². The molecule has 5 heteroatoms. The van der Waals surface area contributed by atoms with Gasteiger partial charge in [0.25, 0.3) is 0 Å². The Balaban J connectivity index is 2.20. The molecule has 0 aliphatic rings. The Morgan fingerprint density at radius 1 is 1.09 bits per heavy atom. The Kier molecular flexibility index (Phi) is 4.68. The second kappa shape index (κ2) is 6.18. The summed E-state index contributed by atoms with van der Waals surface area (Å²) in [6.45, 7) is 8.09. The molecule has 1 N–H and O–H groups in total. The highest BCUT2D eigenvalue weighted by molar-refractivity contribution is 7.89. The molecule has 1 aromatic carbocycles. The number of nitrogens with one attached hydrogen (secondary N) is 1. The third-order valence-electron chi connectivity index (χ3n) is 3.55. The second-order valence-electron chi connectivity index (χ2n) is 6.40. The molecule has 2 aromatic rings. The van der Waals surface area contributed by atoms with Gasteiger partial charge in [0.1, 0.15) is 0 Å². The monoisotopic (exact) mass is 318 g/mol. The van der Waals surface area contributed by atoms with E-state index < -0.39 is 10.0 Å². The van der Waals surface area contributed by atoms with E-state index in [1.807, 2.05) is 18.2 Å². The molecule has 0 spiro atoms. The van der Waals surface area contributed by atoms with Gasteiger partial charge < -0.3 is 0 Å². The van der Waals surface area contributed by atoms with Crippen LogP contribution in [0, 0.1) is 0 Å². The van der Waals surface area contributed by atoms with Crippen LogP contribution in [0.2, 0.25) is 0 Å². The number of benzene rings is 1. The van der Waals surface area contributed by atoms with Gasteiger partial charge in [0.15, 0.2) is 0 Å². The molecule has 0 radical (unpaired) electrons. The predicted octanol–water partition coefficient (Wildman–Crippen LogP) is 3.42. The topological polar surface area (TPSA) is 59.1 Å². The first-order chi connectivity index (χ1) is 10.2. The van der Waals surface area contributed by atoms with Gasteiger partial charge in [-0.1, -0.05) is 39.0 Å². The van der Waals surface area contributed by atoms with Gasteiger partial charge >= 0.3 is 0 Å². The summed E-state index contributed by atoms with van der Waals surface area (Å²) in [6.07, 6.45) is 3.33. The number of nitrogens with zero attached hydrogens (tertiary/aromatic N) is 1. The fourth-order valence-electron chi connectivity index (χ4n) is 2.14. The molecule has 0 aliphatic carbocycles. The lowest BCUT2D eigenvalue weighted by Crippen LogP contribution is -2.27. The first kappa shape index (κ1) is 16.6. The van der Waals surface area contributed by atoms with E-state index in [1.54, 1.807) is 37.5 Å². The van der Waals surface area contributed by atoms with Crippen LogP contribution in [0.5, 0.6) is 0 Å². The van der Waals surface area contributed by atoms with Gasteiger partial charge in [-0.25, -0.2) is 13.1 Å². The standard InChI is InChI=1S/C17H22N2O2S/c1-13(14-6-5-11-18-12-14)19-22(20,21)16-9-7-15(8-10-16)17(2,3)4/h5-13,19H,1-4H3. The molecule has 0 amide bonds. The van der Waals surface area contributed by atoms with Crippen LogP contribution in [-0.2, 0) is 15.4 Å². The summed E-state index contributed by atoms with van der Waals surface area (Å²) in [7, 11) is -3.55. The summed E-state index contributed by atoms with van der Waals surface area (Å²) in [6, 6.07) is 10.3. The molecule has 1 aromatic heterocycles. The lowest BCUT2D eigenvalue weighted by molar-refractivity contribution is 0.565. The van der Waals surface area contributed by atoms with Crippen molar-refractivity contribution in [2.45, 2.75) is 44.0 Å². The Hall–Kier alpha value is -1.72. The maximum atomic E-state index is 12.4. The zero-order valence-corrected chi connectivity index (χ0v) is 14.2. The lowest BCUT2D eigenvalue weighted by atomic mass is 9.87. The van der Waals surface area contributed by atoms with Gasteiger partial charge in [0, 0.05) is 18.4 Å². The smallest absolute Gasteiger partial charge is 0.241 e. The molecule has 0 bridgehead atoms. The zero-order chi connectivity index (χ0) is 16.4. The van der Waals surface area contributed by atoms with E-state index in [-0.39, 0.29) is 16.4 Å². The predicted molar refractivity (Wildman–Crippen MR) is 88.1 cm³/mol. The summed E-state index contributed by atoms with van der Waals surface area (Å²) in [5.74, 6) is 0. The average molecular weight is 318 g/mol. The summed E-state index contributed by atoms with van der Waals surface area (Å²) in [4.78, 5) is 4.29. The van der Waals surface area contributed by atoms with Gasteiger partial charge in [-0.3, -0.25) is 4.98 Å². The highest BCUT2D eigenvalue weighted by atomic mass is 32.2. The summed E-state index contributed by atoms with van der Waals surface area (Å²) < 4.78 is 27.6. The van der Waals surface area contributed by atoms with E-state index >= 15 is 0 Å². The first-order valence-corrected chi connectivity index (χ1v) is 8.71. The van der Waals surface area contributed by atoms with Gasteiger partial charge in [0.2, 0.25) is 10.0 Å². The fourth-order valence-corrected chi connectivity index (χ4v) is 3.37. The van der Waals surface area contributed by atoms with Crippen molar-refractivity contribution in [3.8, 4) is 0 Å². The minimum absolute atomic E-state index is 0.00127. The molecule has 4 nitrogen and oxygen atoms in total. The number of pyridine rings is 1. The van der Waals surface area contributed by atoms with Crippen molar-refractivity contribution in [1.29, 1.82) is 0 Å². The van der Waals surface area contributed by atoms with Crippen molar-refractivity contribution in [3.63, 3.8) is 0 Å². The quantitative estimate of drug-likeness (QED) is 0.939. The summed E-state index contributed by atoms with van der Waals surface area (Å²) >= 11 is 0. The summed E-state index contributed by atoms with van der Waals surface area (Å²) in [5, 5.41) is 0. The maximum absolute atomic E-state index is 12.4. The van der Waals surface area contributed by atoms with E-state index in [9.17, 15) is 8.42 Å². The molecule has 0 aliphatic heterocycles. The van der Waals surface area contributed by atoms with Crippen LogP contribution in [0.15, 0.2) is 53.7 Å². The average Bonchev–Trinajstić information content (AvgIpc) is 2.47. The van der Waals surface area contributed by atoms with Gasteiger partial charge in [0.05, 0.1) is 4.90 Å². The number of aromatic nitrogens is 1. The minimum atomic E-state index is -3.55. The number of sulfonamides is 1. The molecule has 1 heterocycles. The molecule has 118 valence electrons. The van der Waals surface area contributed by atoms with Gasteiger partial charge in [-0.2, -0.15) is 0 Å². The molecule has 1 unspecified atom stereocenters. The van der Waals surface area contributed by atoms with Crippen molar-refractivity contribution in [3.05, 3.63) is 59.9 Å². The second-order valence-corrected chi connectivity index (χ2v) is 8.12. The van der Waals surface area contributed by atoms with Crippen LogP contribution >= 0.6 is 0 Å². The number of rotatable bonds is 4. The Morgan fingerprint density at radius 2 is 1.73 bits per heavy atom. The van der Waals surface area contributed by atoms with E-state index in [0.717, 1.165) is 11.1 Å². The molecule has 1 atom stereocenters. The van der Waals surface area contributed by atoms with E-state index in [1.165, 1.54) is 0 Å². The first-order valence-electron chi connectivity index (χ1n) is 7.23. The largest absolute Gasteiger partial charge is 0.264 e.